The van der Waals surface area contributed by atoms with Crippen LogP contribution in [-0.4, -0.2) is 22.9 Å². The van der Waals surface area contributed by atoms with E-state index in [0.29, 0.717) is 17.7 Å². The molecule has 0 aromatic heterocycles. The first kappa shape index (κ1) is 26.6. The molecule has 0 saturated heterocycles. The van der Waals surface area contributed by atoms with Crippen LogP contribution in [0.15, 0.2) is 41.4 Å². The van der Waals surface area contributed by atoms with E-state index in [1.54, 1.807) is 0 Å². The van der Waals surface area contributed by atoms with Gasteiger partial charge < -0.3 is 9.84 Å². The quantitative estimate of drug-likeness (QED) is 0.347. The molecule has 0 aliphatic carbocycles. The van der Waals surface area contributed by atoms with Crippen LogP contribution in [-0.2, 0) is 22.0 Å². The van der Waals surface area contributed by atoms with Gasteiger partial charge in [0.25, 0.3) is 0 Å². The normalized spacial score (nSPS) is 13.7. The summed E-state index contributed by atoms with van der Waals surface area (Å²) in [4.78, 5) is 17.3. The van der Waals surface area contributed by atoms with Crippen LogP contribution in [0.3, 0.4) is 0 Å². The van der Waals surface area contributed by atoms with Crippen LogP contribution >= 0.6 is 0 Å². The van der Waals surface area contributed by atoms with E-state index in [-0.39, 0.29) is 28.7 Å². The fourth-order valence-electron chi connectivity index (χ4n) is 3.76. The topological polar surface area (TPSA) is 58.9 Å². The van der Waals surface area contributed by atoms with Crippen molar-refractivity contribution in [3.05, 3.63) is 58.7 Å². The highest BCUT2D eigenvalue weighted by molar-refractivity contribution is 5.90. The lowest BCUT2D eigenvalue weighted by Crippen LogP contribution is -2.18. The molecule has 0 aliphatic heterocycles. The average molecular weight is 452 g/mol. The van der Waals surface area contributed by atoms with E-state index in [2.05, 4.69) is 54.5 Å². The van der Waals surface area contributed by atoms with E-state index in [0.717, 1.165) is 29.7 Å². The molecule has 180 valence electrons. The summed E-state index contributed by atoms with van der Waals surface area (Å²) in [5.41, 5.74) is 4.87. The maximum absolute atomic E-state index is 12.5. The lowest BCUT2D eigenvalue weighted by molar-refractivity contribution is 0.0356. The molecule has 4 nitrogen and oxygen atoms in total. The van der Waals surface area contributed by atoms with Crippen LogP contribution < -0.4 is 0 Å². The lowest BCUT2D eigenvalue weighted by atomic mass is 9.80. The van der Waals surface area contributed by atoms with Gasteiger partial charge in [-0.25, -0.2) is 4.79 Å². The highest BCUT2D eigenvalue weighted by Gasteiger charge is 2.25. The maximum atomic E-state index is 12.5. The number of aromatic hydroxyl groups is 1. The van der Waals surface area contributed by atoms with Crippen molar-refractivity contribution in [3.8, 4) is 5.75 Å². The van der Waals surface area contributed by atoms with Gasteiger partial charge in [-0.2, -0.15) is 0 Å². The SMILES string of the molecule is CCCc1ccc(C(=O)OC(C)CC(C)=Nc2cc(C(C)(C)C)cc(C(C)(C)C)c2O)cc1. The molecule has 0 amide bonds. The zero-order valence-electron chi connectivity index (χ0n) is 21.9. The molecule has 0 bridgehead atoms. The van der Waals surface area contributed by atoms with E-state index < -0.39 is 0 Å². The number of nitrogens with zero attached hydrogens (tertiary/aromatic N) is 1. The number of rotatable bonds is 7. The summed E-state index contributed by atoms with van der Waals surface area (Å²) < 4.78 is 5.65. The molecule has 0 heterocycles. The molecular formula is C29H41NO3. The first-order valence-electron chi connectivity index (χ1n) is 11.9. The molecule has 1 N–H and O–H groups in total. The van der Waals surface area contributed by atoms with Crippen molar-refractivity contribution in [2.45, 2.75) is 98.5 Å². The maximum Gasteiger partial charge on any atom is 0.338 e. The molecule has 1 unspecified atom stereocenters. The Morgan fingerprint density at radius 1 is 1.03 bits per heavy atom. The Balaban J connectivity index is 2.20. The summed E-state index contributed by atoms with van der Waals surface area (Å²) in [5.74, 6) is -0.113. The van der Waals surface area contributed by atoms with Gasteiger partial charge in [0.05, 0.1) is 5.56 Å². The van der Waals surface area contributed by atoms with Gasteiger partial charge in [-0.3, -0.25) is 4.99 Å². The lowest BCUT2D eigenvalue weighted by Gasteiger charge is -2.27. The van der Waals surface area contributed by atoms with Gasteiger partial charge in [0.2, 0.25) is 0 Å². The van der Waals surface area contributed by atoms with Crippen molar-refractivity contribution in [3.63, 3.8) is 0 Å². The van der Waals surface area contributed by atoms with Crippen molar-refractivity contribution in [2.75, 3.05) is 0 Å². The van der Waals surface area contributed by atoms with Crippen molar-refractivity contribution in [2.24, 2.45) is 4.99 Å². The van der Waals surface area contributed by atoms with Crippen LogP contribution in [0.2, 0.25) is 0 Å². The number of carbonyl (C=O) groups excluding carboxylic acids is 1. The Morgan fingerprint density at radius 3 is 2.15 bits per heavy atom. The molecule has 0 fully saturated rings. The number of esters is 1. The number of hydrogen-bond acceptors (Lipinski definition) is 4. The van der Waals surface area contributed by atoms with Crippen molar-refractivity contribution in [1.29, 1.82) is 0 Å². The Hall–Kier alpha value is -2.62. The summed E-state index contributed by atoms with van der Waals surface area (Å²) in [6.45, 7) is 18.6. The molecule has 33 heavy (non-hydrogen) atoms. The highest BCUT2D eigenvalue weighted by Crippen LogP contribution is 2.41. The van der Waals surface area contributed by atoms with Crippen LogP contribution in [0.1, 0.15) is 102 Å². The second-order valence-corrected chi connectivity index (χ2v) is 11.1. The molecule has 2 aromatic carbocycles. The van der Waals surface area contributed by atoms with E-state index in [1.807, 2.05) is 44.2 Å². The third-order valence-electron chi connectivity index (χ3n) is 5.69. The minimum absolute atomic E-state index is 0.0681. The number of carbonyl (C=O) groups is 1. The molecule has 0 saturated carbocycles. The fourth-order valence-corrected chi connectivity index (χ4v) is 3.76. The number of hydrogen-bond donors (Lipinski definition) is 1. The molecule has 2 aromatic rings. The van der Waals surface area contributed by atoms with E-state index in [4.69, 9.17) is 9.73 Å². The Kier molecular flexibility index (Phi) is 8.51. The van der Waals surface area contributed by atoms with Crippen LogP contribution in [0.5, 0.6) is 5.75 Å². The molecule has 0 radical (unpaired) electrons. The number of phenolic OH excluding ortho intramolecular Hbond substituents is 1. The first-order valence-corrected chi connectivity index (χ1v) is 11.9. The Labute approximate surface area is 200 Å². The smallest absolute Gasteiger partial charge is 0.338 e. The minimum atomic E-state index is -0.328. The van der Waals surface area contributed by atoms with Gasteiger partial charge in [0.15, 0.2) is 0 Å². The minimum Gasteiger partial charge on any atom is -0.505 e. The van der Waals surface area contributed by atoms with E-state index >= 15 is 0 Å². The Bertz CT molecular complexity index is 989. The summed E-state index contributed by atoms with van der Waals surface area (Å²) >= 11 is 0. The highest BCUT2D eigenvalue weighted by atomic mass is 16.5. The zero-order chi connectivity index (χ0) is 25.0. The summed E-state index contributed by atoms with van der Waals surface area (Å²) in [7, 11) is 0. The largest absolute Gasteiger partial charge is 0.505 e. The predicted octanol–water partition coefficient (Wildman–Crippen LogP) is 7.67. The molecule has 1 atom stereocenters. The van der Waals surface area contributed by atoms with Gasteiger partial charge in [-0.05, 0) is 60.4 Å². The molecule has 2 rings (SSSR count). The van der Waals surface area contributed by atoms with Gasteiger partial charge >= 0.3 is 5.97 Å². The number of benzene rings is 2. The van der Waals surface area contributed by atoms with Gasteiger partial charge in [-0.15, -0.1) is 0 Å². The van der Waals surface area contributed by atoms with Crippen molar-refractivity contribution in [1.82, 2.24) is 0 Å². The van der Waals surface area contributed by atoms with Gasteiger partial charge in [0.1, 0.15) is 17.5 Å². The van der Waals surface area contributed by atoms with Gasteiger partial charge in [0, 0.05) is 17.7 Å². The molecule has 0 aliphatic rings. The number of aryl methyl sites for hydroxylation is 1. The second kappa shape index (κ2) is 10.5. The van der Waals surface area contributed by atoms with E-state index in [9.17, 15) is 9.90 Å². The molecule has 0 spiro atoms. The zero-order valence-corrected chi connectivity index (χ0v) is 21.9. The van der Waals surface area contributed by atoms with E-state index in [1.165, 1.54) is 5.56 Å². The number of aliphatic imine (C=N–C) groups is 1. The van der Waals surface area contributed by atoms with Crippen molar-refractivity contribution < 1.29 is 14.6 Å². The predicted molar refractivity (Wildman–Crippen MR) is 138 cm³/mol. The Morgan fingerprint density at radius 2 is 1.64 bits per heavy atom. The van der Waals surface area contributed by atoms with Crippen LogP contribution in [0.25, 0.3) is 0 Å². The first-order chi connectivity index (χ1) is 15.2. The summed E-state index contributed by atoms with van der Waals surface area (Å²) in [6, 6.07) is 11.7. The third kappa shape index (κ3) is 7.45. The third-order valence-corrected chi connectivity index (χ3v) is 5.69. The molecule has 4 heteroatoms. The number of ether oxygens (including phenoxy) is 1. The summed E-state index contributed by atoms with van der Waals surface area (Å²) in [6.07, 6.45) is 2.24. The second-order valence-electron chi connectivity index (χ2n) is 11.1. The monoisotopic (exact) mass is 451 g/mol. The van der Waals surface area contributed by atoms with Crippen molar-refractivity contribution >= 4 is 17.4 Å². The van der Waals surface area contributed by atoms with Gasteiger partial charge in [-0.1, -0.05) is 73.1 Å². The summed E-state index contributed by atoms with van der Waals surface area (Å²) in [5, 5.41) is 11.0. The van der Waals surface area contributed by atoms with Crippen LogP contribution in [0.4, 0.5) is 5.69 Å². The fraction of sp³-hybridized carbons (Fsp3) is 0.517. The van der Waals surface area contributed by atoms with Crippen LogP contribution in [0, 0.1) is 0 Å². The standard InChI is InChI=1S/C29H41NO3/c1-10-11-21-12-14-22(15-13-21)27(32)33-20(3)16-19(2)30-25-18-23(28(4,5)6)17-24(26(25)31)29(7,8)9/h12-15,17-18,20,31H,10-11,16H2,1-9H3. The number of phenols is 1. The average Bonchev–Trinajstić information content (AvgIpc) is 2.68. The molecular weight excluding hydrogens is 410 g/mol.